The number of nitrogens with zero attached hydrogens (tertiary/aromatic N) is 3. The fourth-order valence-electron chi connectivity index (χ4n) is 4.12. The number of aromatic nitrogens is 1. The average Bonchev–Trinajstić information content (AvgIpc) is 3.36. The zero-order valence-electron chi connectivity index (χ0n) is 16.9. The monoisotopic (exact) mass is 432 g/mol. The van der Waals surface area contributed by atoms with E-state index in [0.717, 1.165) is 17.7 Å². The quantitative estimate of drug-likeness (QED) is 0.791. The highest BCUT2D eigenvalue weighted by Crippen LogP contribution is 2.33. The standard InChI is InChI=1S/C20H24N4O5S/c1-13-11-19(22-29-13)21-20(26)18-6-4-10-24(18)30(27,28)16-7-8-17-15(12-16)5-3-9-23(17)14(2)25/h7-8,11-12,18H,3-6,9-10H2,1-2H3,(H,21,22,26)/t18-/m0/s1. The molecule has 30 heavy (non-hydrogen) atoms. The number of benzene rings is 1. The van der Waals surface area contributed by atoms with E-state index < -0.39 is 22.0 Å². The number of anilines is 2. The van der Waals surface area contributed by atoms with E-state index in [1.54, 1.807) is 30.0 Å². The number of aryl methyl sites for hydroxylation is 2. The molecule has 3 heterocycles. The molecule has 4 rings (SSSR count). The van der Waals surface area contributed by atoms with E-state index >= 15 is 0 Å². The first-order valence-electron chi connectivity index (χ1n) is 9.94. The van der Waals surface area contributed by atoms with Crippen LogP contribution in [0.5, 0.6) is 0 Å². The van der Waals surface area contributed by atoms with Crippen LogP contribution in [0.4, 0.5) is 11.5 Å². The fraction of sp³-hybridized carbons (Fsp3) is 0.450. The number of hydrogen-bond acceptors (Lipinski definition) is 6. The van der Waals surface area contributed by atoms with Gasteiger partial charge in [-0.3, -0.25) is 9.59 Å². The molecular weight excluding hydrogens is 408 g/mol. The molecule has 1 saturated heterocycles. The van der Waals surface area contributed by atoms with Crippen molar-refractivity contribution in [1.82, 2.24) is 9.46 Å². The summed E-state index contributed by atoms with van der Waals surface area (Å²) in [4.78, 5) is 26.4. The third-order valence-corrected chi connectivity index (χ3v) is 7.45. The van der Waals surface area contributed by atoms with Crippen molar-refractivity contribution in [2.24, 2.45) is 0 Å². The van der Waals surface area contributed by atoms with Crippen molar-refractivity contribution in [3.63, 3.8) is 0 Å². The lowest BCUT2D eigenvalue weighted by atomic mass is 10.0. The van der Waals surface area contributed by atoms with E-state index in [1.807, 2.05) is 0 Å². The van der Waals surface area contributed by atoms with Crippen molar-refractivity contribution in [3.8, 4) is 0 Å². The Hall–Kier alpha value is -2.72. The second-order valence-electron chi connectivity index (χ2n) is 7.65. The molecule has 1 aromatic carbocycles. The number of hydrogen-bond donors (Lipinski definition) is 1. The molecule has 0 aliphatic carbocycles. The van der Waals surface area contributed by atoms with Crippen molar-refractivity contribution >= 4 is 33.3 Å². The summed E-state index contributed by atoms with van der Waals surface area (Å²) in [5, 5.41) is 6.37. The van der Waals surface area contributed by atoms with Crippen molar-refractivity contribution in [1.29, 1.82) is 0 Å². The van der Waals surface area contributed by atoms with Gasteiger partial charge in [0.25, 0.3) is 0 Å². The van der Waals surface area contributed by atoms with Gasteiger partial charge in [0.2, 0.25) is 21.8 Å². The predicted molar refractivity (Wildman–Crippen MR) is 110 cm³/mol. The maximum absolute atomic E-state index is 13.3. The van der Waals surface area contributed by atoms with Gasteiger partial charge < -0.3 is 14.7 Å². The first-order valence-corrected chi connectivity index (χ1v) is 11.4. The number of fused-ring (bicyclic) bond motifs is 1. The van der Waals surface area contributed by atoms with E-state index in [0.29, 0.717) is 31.6 Å². The number of rotatable bonds is 4. The lowest BCUT2D eigenvalue weighted by Crippen LogP contribution is -2.43. The van der Waals surface area contributed by atoms with Gasteiger partial charge in [0, 0.05) is 31.8 Å². The van der Waals surface area contributed by atoms with E-state index in [1.165, 1.54) is 17.3 Å². The van der Waals surface area contributed by atoms with Gasteiger partial charge in [-0.05, 0) is 56.4 Å². The van der Waals surface area contributed by atoms with Crippen LogP contribution in [-0.4, -0.2) is 48.8 Å². The molecule has 1 aromatic heterocycles. The molecule has 2 aromatic rings. The van der Waals surface area contributed by atoms with Crippen molar-refractivity contribution in [2.75, 3.05) is 23.3 Å². The Morgan fingerprint density at radius 1 is 1.20 bits per heavy atom. The summed E-state index contributed by atoms with van der Waals surface area (Å²) in [5.74, 6) is 0.325. The maximum Gasteiger partial charge on any atom is 0.244 e. The Labute approximate surface area is 175 Å². The van der Waals surface area contributed by atoms with Gasteiger partial charge in [-0.2, -0.15) is 4.31 Å². The first-order chi connectivity index (χ1) is 14.3. The second kappa shape index (κ2) is 7.84. The SMILES string of the molecule is CC(=O)N1CCCc2cc(S(=O)(=O)N3CCC[C@H]3C(=O)Nc3cc(C)on3)ccc21. The minimum atomic E-state index is -3.87. The van der Waals surface area contributed by atoms with Gasteiger partial charge in [0.1, 0.15) is 11.8 Å². The van der Waals surface area contributed by atoms with E-state index in [2.05, 4.69) is 10.5 Å². The number of sulfonamides is 1. The highest BCUT2D eigenvalue weighted by Gasteiger charge is 2.40. The van der Waals surface area contributed by atoms with Gasteiger partial charge in [0.05, 0.1) is 4.90 Å². The molecule has 0 spiro atoms. The molecule has 1 fully saturated rings. The van der Waals surface area contributed by atoms with Gasteiger partial charge in [-0.15, -0.1) is 0 Å². The van der Waals surface area contributed by atoms with E-state index in [4.69, 9.17) is 4.52 Å². The Bertz CT molecular complexity index is 1090. The van der Waals surface area contributed by atoms with Crippen LogP contribution in [0.25, 0.3) is 0 Å². The lowest BCUT2D eigenvalue weighted by molar-refractivity contribution is -0.119. The zero-order chi connectivity index (χ0) is 21.5. The maximum atomic E-state index is 13.3. The number of amides is 2. The van der Waals surface area contributed by atoms with E-state index in [9.17, 15) is 18.0 Å². The molecule has 1 N–H and O–H groups in total. The molecule has 9 nitrogen and oxygen atoms in total. The molecule has 2 aliphatic heterocycles. The molecule has 0 radical (unpaired) electrons. The Morgan fingerprint density at radius 3 is 2.70 bits per heavy atom. The third kappa shape index (κ3) is 3.72. The van der Waals surface area contributed by atoms with Crippen LogP contribution in [0.1, 0.15) is 37.5 Å². The van der Waals surface area contributed by atoms with Crippen LogP contribution in [0.2, 0.25) is 0 Å². The van der Waals surface area contributed by atoms with Crippen LogP contribution in [-0.2, 0) is 26.0 Å². The second-order valence-corrected chi connectivity index (χ2v) is 9.54. The normalized spacial score (nSPS) is 19.5. The minimum Gasteiger partial charge on any atom is -0.360 e. The summed E-state index contributed by atoms with van der Waals surface area (Å²) >= 11 is 0. The molecule has 2 amide bonds. The summed E-state index contributed by atoms with van der Waals surface area (Å²) in [6, 6.07) is 5.61. The number of nitrogens with one attached hydrogen (secondary N) is 1. The summed E-state index contributed by atoms with van der Waals surface area (Å²) in [5.41, 5.74) is 1.58. The molecule has 0 unspecified atom stereocenters. The van der Waals surface area contributed by atoms with Crippen molar-refractivity contribution in [2.45, 2.75) is 50.5 Å². The largest absolute Gasteiger partial charge is 0.360 e. The molecule has 10 heteroatoms. The molecule has 160 valence electrons. The van der Waals surface area contributed by atoms with Crippen molar-refractivity contribution < 1.29 is 22.5 Å². The molecule has 2 aliphatic rings. The van der Waals surface area contributed by atoms with Crippen molar-refractivity contribution in [3.05, 3.63) is 35.6 Å². The minimum absolute atomic E-state index is 0.0640. The van der Waals surface area contributed by atoms with Crippen LogP contribution in [0.3, 0.4) is 0 Å². The average molecular weight is 433 g/mol. The van der Waals surface area contributed by atoms with Gasteiger partial charge in [-0.1, -0.05) is 5.16 Å². The molecular formula is C20H24N4O5S. The van der Waals surface area contributed by atoms with E-state index in [-0.39, 0.29) is 23.2 Å². The highest BCUT2D eigenvalue weighted by molar-refractivity contribution is 7.89. The van der Waals surface area contributed by atoms with Crippen LogP contribution >= 0.6 is 0 Å². The Balaban J connectivity index is 1.59. The Morgan fingerprint density at radius 2 is 2.00 bits per heavy atom. The predicted octanol–water partition coefficient (Wildman–Crippen LogP) is 2.07. The van der Waals surface area contributed by atoms with Gasteiger partial charge in [-0.25, -0.2) is 8.42 Å². The van der Waals surface area contributed by atoms with Crippen LogP contribution in [0, 0.1) is 6.92 Å². The molecule has 0 saturated carbocycles. The third-order valence-electron chi connectivity index (χ3n) is 5.54. The highest BCUT2D eigenvalue weighted by atomic mass is 32.2. The Kier molecular flexibility index (Phi) is 5.37. The summed E-state index contributed by atoms with van der Waals surface area (Å²) in [6.07, 6.45) is 2.52. The van der Waals surface area contributed by atoms with Crippen LogP contribution in [0.15, 0.2) is 33.7 Å². The lowest BCUT2D eigenvalue weighted by Gasteiger charge is -2.29. The smallest absolute Gasteiger partial charge is 0.244 e. The van der Waals surface area contributed by atoms with Gasteiger partial charge >= 0.3 is 0 Å². The summed E-state index contributed by atoms with van der Waals surface area (Å²) in [6.45, 7) is 4.11. The number of carbonyl (C=O) groups is 2. The zero-order valence-corrected chi connectivity index (χ0v) is 17.7. The summed E-state index contributed by atoms with van der Waals surface area (Å²) in [7, 11) is -3.87. The van der Waals surface area contributed by atoms with Gasteiger partial charge in [0.15, 0.2) is 5.82 Å². The summed E-state index contributed by atoms with van der Waals surface area (Å²) < 4.78 is 32.9. The fourth-order valence-corrected chi connectivity index (χ4v) is 5.83. The topological polar surface area (TPSA) is 113 Å². The number of carbonyl (C=O) groups excluding carboxylic acids is 2. The van der Waals surface area contributed by atoms with Crippen LogP contribution < -0.4 is 10.2 Å². The molecule has 1 atom stereocenters. The first kappa shape index (κ1) is 20.5. The molecule has 0 bridgehead atoms.